The number of hydrogen-bond acceptors (Lipinski definition) is 3. The molecule has 3 aromatic carbocycles. The number of carbonyl (C=O) groups is 1. The summed E-state index contributed by atoms with van der Waals surface area (Å²) in [5.41, 5.74) is 6.30. The Kier molecular flexibility index (Phi) is 7.14. The van der Waals surface area contributed by atoms with E-state index < -0.39 is 0 Å². The van der Waals surface area contributed by atoms with Crippen molar-refractivity contribution in [3.05, 3.63) is 99.3 Å². The number of nitrogens with zero attached hydrogens (tertiary/aromatic N) is 1. The maximum atomic E-state index is 12.9. The molecule has 0 aliphatic carbocycles. The summed E-state index contributed by atoms with van der Waals surface area (Å²) in [6.45, 7) is 2.53. The molecule has 1 amide bonds. The second kappa shape index (κ2) is 9.98. The highest BCUT2D eigenvalue weighted by molar-refractivity contribution is 9.10. The van der Waals surface area contributed by atoms with Gasteiger partial charge in [0.2, 0.25) is 5.91 Å². The Morgan fingerprint density at radius 3 is 2.45 bits per heavy atom. The second-order valence-electron chi connectivity index (χ2n) is 6.56. The van der Waals surface area contributed by atoms with Crippen molar-refractivity contribution >= 4 is 28.1 Å². The quantitative estimate of drug-likeness (QED) is 0.395. The number of hydrogen-bond donors (Lipinski definition) is 1. The van der Waals surface area contributed by atoms with Crippen LogP contribution in [0.4, 0.5) is 4.39 Å². The summed E-state index contributed by atoms with van der Waals surface area (Å²) < 4.78 is 19.5. The Balaban J connectivity index is 1.51. The number of amides is 1. The lowest BCUT2D eigenvalue weighted by atomic mass is 10.1. The minimum Gasteiger partial charge on any atom is -0.488 e. The number of nitrogens with one attached hydrogen (secondary N) is 1. The van der Waals surface area contributed by atoms with Crippen LogP contribution in [0.5, 0.6) is 5.75 Å². The summed E-state index contributed by atoms with van der Waals surface area (Å²) in [5, 5.41) is 3.97. The van der Waals surface area contributed by atoms with Gasteiger partial charge in [0.15, 0.2) is 0 Å². The van der Waals surface area contributed by atoms with E-state index in [-0.39, 0.29) is 18.1 Å². The van der Waals surface area contributed by atoms with E-state index >= 15 is 0 Å². The third-order valence-corrected chi connectivity index (χ3v) is 4.77. The summed E-state index contributed by atoms with van der Waals surface area (Å²) in [7, 11) is 0. The molecule has 0 unspecified atom stereocenters. The van der Waals surface area contributed by atoms with Crippen LogP contribution in [0.3, 0.4) is 0 Å². The third-order valence-electron chi connectivity index (χ3n) is 4.15. The monoisotopic (exact) mass is 454 g/mol. The first-order valence-corrected chi connectivity index (χ1v) is 9.83. The molecule has 0 aliphatic rings. The van der Waals surface area contributed by atoms with Crippen LogP contribution in [0, 0.1) is 12.7 Å². The standard InChI is InChI=1S/C23H20BrFN2O2/c1-16-2-4-18(5-3-16)15-29-22-11-8-19(12-21(22)24)14-26-27-23(28)13-17-6-9-20(25)10-7-17/h2-12,14H,13,15H2,1H3,(H,27,28)/b26-14+. The van der Waals surface area contributed by atoms with Crippen LogP contribution in [0.25, 0.3) is 0 Å². The van der Waals surface area contributed by atoms with Crippen LogP contribution in [0.15, 0.2) is 76.3 Å². The van der Waals surface area contributed by atoms with Crippen molar-refractivity contribution in [3.8, 4) is 5.75 Å². The lowest BCUT2D eigenvalue weighted by Gasteiger charge is -2.09. The van der Waals surface area contributed by atoms with E-state index in [2.05, 4.69) is 38.6 Å². The highest BCUT2D eigenvalue weighted by atomic mass is 79.9. The fourth-order valence-electron chi connectivity index (χ4n) is 2.57. The summed E-state index contributed by atoms with van der Waals surface area (Å²) in [6, 6.07) is 19.5. The molecule has 0 aliphatic heterocycles. The molecule has 0 aromatic heterocycles. The van der Waals surface area contributed by atoms with E-state index in [1.807, 2.05) is 37.3 Å². The van der Waals surface area contributed by atoms with Crippen LogP contribution in [0.1, 0.15) is 22.3 Å². The molecule has 0 saturated heterocycles. The van der Waals surface area contributed by atoms with E-state index in [1.165, 1.54) is 17.7 Å². The SMILES string of the molecule is Cc1ccc(COc2ccc(/C=N/NC(=O)Cc3ccc(F)cc3)cc2Br)cc1. The van der Waals surface area contributed by atoms with Crippen LogP contribution >= 0.6 is 15.9 Å². The predicted molar refractivity (Wildman–Crippen MR) is 115 cm³/mol. The Bertz CT molecular complexity index is 1000. The molecule has 0 atom stereocenters. The maximum Gasteiger partial charge on any atom is 0.244 e. The number of rotatable bonds is 7. The first-order valence-electron chi connectivity index (χ1n) is 9.04. The summed E-state index contributed by atoms with van der Waals surface area (Å²) in [5.74, 6) is 0.122. The maximum absolute atomic E-state index is 12.9. The average molecular weight is 455 g/mol. The fraction of sp³-hybridized carbons (Fsp3) is 0.130. The average Bonchev–Trinajstić information content (AvgIpc) is 2.70. The molecule has 0 heterocycles. The number of ether oxygens (including phenoxy) is 1. The van der Waals surface area contributed by atoms with Crippen LogP contribution < -0.4 is 10.2 Å². The number of benzene rings is 3. The lowest BCUT2D eigenvalue weighted by Crippen LogP contribution is -2.19. The van der Waals surface area contributed by atoms with Crippen molar-refractivity contribution in [3.63, 3.8) is 0 Å². The minimum absolute atomic E-state index is 0.132. The van der Waals surface area contributed by atoms with E-state index in [0.717, 1.165) is 26.9 Å². The van der Waals surface area contributed by atoms with Gasteiger partial charge in [-0.05, 0) is 69.9 Å². The number of hydrazone groups is 1. The van der Waals surface area contributed by atoms with Gasteiger partial charge in [-0.1, -0.05) is 42.0 Å². The normalized spacial score (nSPS) is 10.9. The molecular formula is C23H20BrFN2O2. The van der Waals surface area contributed by atoms with Gasteiger partial charge in [-0.2, -0.15) is 5.10 Å². The van der Waals surface area contributed by atoms with Gasteiger partial charge in [0.1, 0.15) is 18.2 Å². The van der Waals surface area contributed by atoms with Crippen molar-refractivity contribution in [1.82, 2.24) is 5.43 Å². The Labute approximate surface area is 177 Å². The molecule has 0 radical (unpaired) electrons. The minimum atomic E-state index is -0.330. The fourth-order valence-corrected chi connectivity index (χ4v) is 3.08. The summed E-state index contributed by atoms with van der Waals surface area (Å²) in [6.07, 6.45) is 1.68. The van der Waals surface area contributed by atoms with Gasteiger partial charge >= 0.3 is 0 Å². The molecule has 0 spiro atoms. The smallest absolute Gasteiger partial charge is 0.244 e. The van der Waals surface area contributed by atoms with Crippen molar-refractivity contribution in [1.29, 1.82) is 0 Å². The second-order valence-corrected chi connectivity index (χ2v) is 7.41. The molecular weight excluding hydrogens is 435 g/mol. The molecule has 3 rings (SSSR count). The molecule has 6 heteroatoms. The van der Waals surface area contributed by atoms with Crippen LogP contribution in [-0.4, -0.2) is 12.1 Å². The zero-order chi connectivity index (χ0) is 20.6. The molecule has 0 saturated carbocycles. The van der Waals surface area contributed by atoms with Gasteiger partial charge in [0.05, 0.1) is 17.1 Å². The van der Waals surface area contributed by atoms with Gasteiger partial charge in [-0.15, -0.1) is 0 Å². The van der Waals surface area contributed by atoms with Crippen molar-refractivity contribution in [2.24, 2.45) is 5.10 Å². The summed E-state index contributed by atoms with van der Waals surface area (Å²) in [4.78, 5) is 11.9. The molecule has 0 bridgehead atoms. The Hall–Kier alpha value is -2.99. The van der Waals surface area contributed by atoms with Gasteiger partial charge in [-0.3, -0.25) is 4.79 Å². The summed E-state index contributed by atoms with van der Waals surface area (Å²) >= 11 is 3.50. The van der Waals surface area contributed by atoms with E-state index in [0.29, 0.717) is 6.61 Å². The highest BCUT2D eigenvalue weighted by Crippen LogP contribution is 2.26. The van der Waals surface area contributed by atoms with E-state index in [4.69, 9.17) is 4.74 Å². The highest BCUT2D eigenvalue weighted by Gasteiger charge is 2.04. The number of halogens is 2. The van der Waals surface area contributed by atoms with Gasteiger partial charge in [-0.25, -0.2) is 9.82 Å². The zero-order valence-electron chi connectivity index (χ0n) is 15.9. The predicted octanol–water partition coefficient (Wildman–Crippen LogP) is 5.17. The topological polar surface area (TPSA) is 50.7 Å². The van der Waals surface area contributed by atoms with Crippen molar-refractivity contribution in [2.75, 3.05) is 0 Å². The molecule has 0 fully saturated rings. The van der Waals surface area contributed by atoms with Crippen molar-refractivity contribution in [2.45, 2.75) is 20.0 Å². The number of carbonyl (C=O) groups excluding carboxylic acids is 1. The number of aryl methyl sites for hydroxylation is 1. The molecule has 1 N–H and O–H groups in total. The van der Waals surface area contributed by atoms with E-state index in [9.17, 15) is 9.18 Å². The molecule has 4 nitrogen and oxygen atoms in total. The van der Waals surface area contributed by atoms with Gasteiger partial charge in [0.25, 0.3) is 0 Å². The van der Waals surface area contributed by atoms with Crippen LogP contribution in [-0.2, 0) is 17.8 Å². The first kappa shape index (κ1) is 20.7. The van der Waals surface area contributed by atoms with Crippen molar-refractivity contribution < 1.29 is 13.9 Å². The van der Waals surface area contributed by atoms with Crippen LogP contribution in [0.2, 0.25) is 0 Å². The largest absolute Gasteiger partial charge is 0.488 e. The third kappa shape index (κ3) is 6.54. The van der Waals surface area contributed by atoms with Gasteiger partial charge < -0.3 is 4.74 Å². The lowest BCUT2D eigenvalue weighted by molar-refractivity contribution is -0.120. The molecule has 29 heavy (non-hydrogen) atoms. The molecule has 3 aromatic rings. The Morgan fingerprint density at radius 1 is 1.07 bits per heavy atom. The van der Waals surface area contributed by atoms with E-state index in [1.54, 1.807) is 18.3 Å². The Morgan fingerprint density at radius 2 is 1.76 bits per heavy atom. The molecule has 148 valence electrons. The van der Waals surface area contributed by atoms with Gasteiger partial charge in [0, 0.05) is 0 Å². The first-order chi connectivity index (χ1) is 14.0. The zero-order valence-corrected chi connectivity index (χ0v) is 17.4.